The maximum atomic E-state index is 13.0. The Labute approximate surface area is 86.0 Å². The van der Waals surface area contributed by atoms with Crippen molar-refractivity contribution in [2.75, 3.05) is 6.61 Å². The monoisotopic (exact) mass is 215 g/mol. The van der Waals surface area contributed by atoms with Gasteiger partial charge in [-0.05, 0) is 25.1 Å². The number of halogens is 2. The third kappa shape index (κ3) is 3.53. The molecule has 0 fully saturated rings. The zero-order valence-electron chi connectivity index (χ0n) is 8.22. The number of hydrogen-bond donors (Lipinski definition) is 1. The molecule has 0 unspecified atom stereocenters. The summed E-state index contributed by atoms with van der Waals surface area (Å²) < 4.78 is 30.3. The summed E-state index contributed by atoms with van der Waals surface area (Å²) in [5.41, 5.74) is 0.0862. The van der Waals surface area contributed by atoms with Crippen molar-refractivity contribution in [3.8, 4) is 0 Å². The molecule has 0 saturated carbocycles. The Kier molecular flexibility index (Phi) is 4.03. The van der Waals surface area contributed by atoms with Gasteiger partial charge in [-0.2, -0.15) is 0 Å². The van der Waals surface area contributed by atoms with Crippen LogP contribution in [0.3, 0.4) is 0 Å². The van der Waals surface area contributed by atoms with Gasteiger partial charge in [0.05, 0.1) is 6.61 Å². The molecule has 0 spiro atoms. The van der Waals surface area contributed by atoms with Gasteiger partial charge in [0.2, 0.25) is 0 Å². The molecule has 0 bridgehead atoms. The number of nitrogens with one attached hydrogen (secondary N) is 1. The number of amides is 1. The standard InChI is InChI=1S/C10H11F2NO2/c1-2-15-10(14)13-6-7-5-8(11)3-4-9(7)12/h3-5H,2,6H2,1H3,(H,13,14). The van der Waals surface area contributed by atoms with Crippen LogP contribution in [0.5, 0.6) is 0 Å². The summed E-state index contributed by atoms with van der Waals surface area (Å²) in [6.07, 6.45) is -0.652. The van der Waals surface area contributed by atoms with Gasteiger partial charge in [0, 0.05) is 12.1 Å². The first-order valence-corrected chi connectivity index (χ1v) is 4.48. The molecule has 0 aliphatic rings. The second kappa shape index (κ2) is 5.29. The molecule has 0 aromatic heterocycles. The van der Waals surface area contributed by atoms with E-state index in [4.69, 9.17) is 0 Å². The van der Waals surface area contributed by atoms with E-state index in [1.165, 1.54) is 0 Å². The molecule has 1 aromatic carbocycles. The molecule has 3 nitrogen and oxygen atoms in total. The lowest BCUT2D eigenvalue weighted by Crippen LogP contribution is -2.24. The van der Waals surface area contributed by atoms with Crippen LogP contribution in [0.1, 0.15) is 12.5 Å². The van der Waals surface area contributed by atoms with E-state index in [0.717, 1.165) is 18.2 Å². The lowest BCUT2D eigenvalue weighted by molar-refractivity contribution is 0.151. The highest BCUT2D eigenvalue weighted by Crippen LogP contribution is 2.09. The number of carbonyl (C=O) groups excluding carboxylic acids is 1. The molecule has 15 heavy (non-hydrogen) atoms. The first kappa shape index (κ1) is 11.4. The van der Waals surface area contributed by atoms with Crippen molar-refractivity contribution in [2.45, 2.75) is 13.5 Å². The topological polar surface area (TPSA) is 38.3 Å². The number of alkyl carbamates (subject to hydrolysis) is 1. The van der Waals surface area contributed by atoms with E-state index in [0.29, 0.717) is 0 Å². The van der Waals surface area contributed by atoms with Crippen LogP contribution < -0.4 is 5.32 Å². The average molecular weight is 215 g/mol. The highest BCUT2D eigenvalue weighted by atomic mass is 19.1. The summed E-state index contributed by atoms with van der Waals surface area (Å²) in [6, 6.07) is 3.06. The SMILES string of the molecule is CCOC(=O)NCc1cc(F)ccc1F. The minimum atomic E-state index is -0.652. The Hall–Kier alpha value is -1.65. The van der Waals surface area contributed by atoms with E-state index < -0.39 is 17.7 Å². The predicted molar refractivity (Wildman–Crippen MR) is 50.2 cm³/mol. The highest BCUT2D eigenvalue weighted by molar-refractivity contribution is 5.67. The molecule has 5 heteroatoms. The maximum absolute atomic E-state index is 13.0. The Balaban J connectivity index is 2.57. The van der Waals surface area contributed by atoms with Crippen molar-refractivity contribution in [1.29, 1.82) is 0 Å². The number of hydrogen-bond acceptors (Lipinski definition) is 2. The minimum absolute atomic E-state index is 0.0862. The second-order valence-corrected chi connectivity index (χ2v) is 2.81. The van der Waals surface area contributed by atoms with Gasteiger partial charge in [-0.15, -0.1) is 0 Å². The first-order chi connectivity index (χ1) is 7.13. The molecule has 0 atom stereocenters. The van der Waals surface area contributed by atoms with Crippen molar-refractivity contribution in [2.24, 2.45) is 0 Å². The average Bonchev–Trinajstić information content (AvgIpc) is 2.20. The normalized spacial score (nSPS) is 9.80. The van der Waals surface area contributed by atoms with E-state index in [1.807, 2.05) is 0 Å². The quantitative estimate of drug-likeness (QED) is 0.839. The van der Waals surface area contributed by atoms with Crippen molar-refractivity contribution in [3.63, 3.8) is 0 Å². The van der Waals surface area contributed by atoms with Crippen molar-refractivity contribution >= 4 is 6.09 Å². The zero-order chi connectivity index (χ0) is 11.3. The van der Waals surface area contributed by atoms with Crippen LogP contribution in [0.15, 0.2) is 18.2 Å². The molecule has 0 aliphatic heterocycles. The fraction of sp³-hybridized carbons (Fsp3) is 0.300. The first-order valence-electron chi connectivity index (χ1n) is 4.48. The molecular formula is C10H11F2NO2. The van der Waals surface area contributed by atoms with Gasteiger partial charge < -0.3 is 10.1 Å². The number of benzene rings is 1. The Morgan fingerprint density at radius 3 is 2.87 bits per heavy atom. The van der Waals surface area contributed by atoms with Crippen LogP contribution in [-0.2, 0) is 11.3 Å². The Bertz CT molecular complexity index is 355. The van der Waals surface area contributed by atoms with Crippen LogP contribution in [0.2, 0.25) is 0 Å². The van der Waals surface area contributed by atoms with E-state index in [1.54, 1.807) is 6.92 Å². The summed E-state index contributed by atoms with van der Waals surface area (Å²) in [5.74, 6) is -1.11. The van der Waals surface area contributed by atoms with Crippen LogP contribution in [-0.4, -0.2) is 12.7 Å². The number of rotatable bonds is 3. The Morgan fingerprint density at radius 2 is 2.20 bits per heavy atom. The number of ether oxygens (including phenoxy) is 1. The molecule has 0 saturated heterocycles. The van der Waals surface area contributed by atoms with Gasteiger partial charge in [0.15, 0.2) is 0 Å². The summed E-state index contributed by atoms with van der Waals surface area (Å²) in [5, 5.41) is 2.30. The molecule has 1 N–H and O–H groups in total. The lowest BCUT2D eigenvalue weighted by Gasteiger charge is -2.06. The van der Waals surface area contributed by atoms with Gasteiger partial charge in [0.1, 0.15) is 11.6 Å². The van der Waals surface area contributed by atoms with Gasteiger partial charge >= 0.3 is 6.09 Å². The smallest absolute Gasteiger partial charge is 0.407 e. The molecule has 0 heterocycles. The zero-order valence-corrected chi connectivity index (χ0v) is 8.22. The van der Waals surface area contributed by atoms with Crippen molar-refractivity contribution < 1.29 is 18.3 Å². The molecule has 0 radical (unpaired) electrons. The maximum Gasteiger partial charge on any atom is 0.407 e. The van der Waals surface area contributed by atoms with E-state index in [9.17, 15) is 13.6 Å². The van der Waals surface area contributed by atoms with Gasteiger partial charge in [-0.1, -0.05) is 0 Å². The highest BCUT2D eigenvalue weighted by Gasteiger charge is 2.06. The molecule has 1 amide bonds. The minimum Gasteiger partial charge on any atom is -0.450 e. The Morgan fingerprint density at radius 1 is 1.47 bits per heavy atom. The van der Waals surface area contributed by atoms with Crippen LogP contribution in [0.25, 0.3) is 0 Å². The van der Waals surface area contributed by atoms with Crippen molar-refractivity contribution in [3.05, 3.63) is 35.4 Å². The van der Waals surface area contributed by atoms with Crippen LogP contribution >= 0.6 is 0 Å². The van der Waals surface area contributed by atoms with E-state index in [-0.39, 0.29) is 18.7 Å². The summed E-state index contributed by atoms with van der Waals surface area (Å²) >= 11 is 0. The van der Waals surface area contributed by atoms with Gasteiger partial charge in [-0.3, -0.25) is 0 Å². The van der Waals surface area contributed by atoms with E-state index >= 15 is 0 Å². The van der Waals surface area contributed by atoms with Crippen molar-refractivity contribution in [1.82, 2.24) is 5.32 Å². The molecule has 82 valence electrons. The summed E-state index contributed by atoms with van der Waals surface area (Å²) in [6.45, 7) is 1.79. The largest absolute Gasteiger partial charge is 0.450 e. The summed E-state index contributed by atoms with van der Waals surface area (Å²) in [4.78, 5) is 10.9. The van der Waals surface area contributed by atoms with Crippen LogP contribution in [0.4, 0.5) is 13.6 Å². The lowest BCUT2D eigenvalue weighted by atomic mass is 10.2. The van der Waals surface area contributed by atoms with Crippen LogP contribution in [0, 0.1) is 11.6 Å². The molecule has 0 aliphatic carbocycles. The van der Waals surface area contributed by atoms with Gasteiger partial charge in [-0.25, -0.2) is 13.6 Å². The number of carbonyl (C=O) groups is 1. The molecule has 1 aromatic rings. The second-order valence-electron chi connectivity index (χ2n) is 2.81. The third-order valence-electron chi connectivity index (χ3n) is 1.71. The fourth-order valence-electron chi connectivity index (χ4n) is 1.03. The third-order valence-corrected chi connectivity index (χ3v) is 1.71. The molecule has 1 rings (SSSR count). The molecular weight excluding hydrogens is 204 g/mol. The van der Waals surface area contributed by atoms with Gasteiger partial charge in [0.25, 0.3) is 0 Å². The predicted octanol–water partition coefficient (Wildman–Crippen LogP) is 2.21. The fourth-order valence-corrected chi connectivity index (χ4v) is 1.03. The summed E-state index contributed by atoms with van der Waals surface area (Å²) in [7, 11) is 0. The van der Waals surface area contributed by atoms with E-state index in [2.05, 4.69) is 10.1 Å².